The molecule has 0 aromatic heterocycles. The van der Waals surface area contributed by atoms with E-state index in [1.54, 1.807) is 6.08 Å². The second-order valence-corrected chi connectivity index (χ2v) is 9.22. The van der Waals surface area contributed by atoms with Gasteiger partial charge in [-0.05, 0) is 42.5 Å². The molecule has 1 aliphatic carbocycles. The van der Waals surface area contributed by atoms with Crippen molar-refractivity contribution in [2.24, 2.45) is 11.8 Å². The summed E-state index contributed by atoms with van der Waals surface area (Å²) in [5.41, 5.74) is 3.47. The topological polar surface area (TPSA) is 75.9 Å². The summed E-state index contributed by atoms with van der Waals surface area (Å²) in [6.45, 7) is 1.79. The molecule has 1 aromatic carbocycles. The van der Waals surface area contributed by atoms with Crippen molar-refractivity contribution >= 4 is 11.6 Å². The lowest BCUT2D eigenvalue weighted by atomic mass is 9.53. The third kappa shape index (κ3) is 1.56. The average molecular weight is 379 g/mol. The van der Waals surface area contributed by atoms with Gasteiger partial charge in [0.15, 0.2) is 0 Å². The Morgan fingerprint density at radius 2 is 2.14 bits per heavy atom. The van der Waals surface area contributed by atoms with Gasteiger partial charge in [0.2, 0.25) is 5.91 Å². The summed E-state index contributed by atoms with van der Waals surface area (Å²) in [6.07, 6.45) is 2.55. The Labute approximate surface area is 162 Å². The van der Waals surface area contributed by atoms with Crippen molar-refractivity contribution in [3.05, 3.63) is 51.6 Å². The summed E-state index contributed by atoms with van der Waals surface area (Å²) in [7, 11) is 0. The van der Waals surface area contributed by atoms with E-state index in [0.29, 0.717) is 6.04 Å². The van der Waals surface area contributed by atoms with E-state index in [1.807, 2.05) is 6.07 Å². The first-order chi connectivity index (χ1) is 13.6. The molecule has 3 saturated heterocycles. The number of fused-ring (bicyclic) bond motifs is 2. The van der Waals surface area contributed by atoms with Crippen LogP contribution in [-0.4, -0.2) is 53.2 Å². The minimum Gasteiger partial charge on any atom is -0.310 e. The number of piperidine rings is 2. The highest BCUT2D eigenvalue weighted by Crippen LogP contribution is 2.65. The lowest BCUT2D eigenvalue weighted by molar-refractivity contribution is -0.565. The zero-order chi connectivity index (χ0) is 18.8. The Morgan fingerprint density at radius 3 is 3.00 bits per heavy atom. The van der Waals surface area contributed by atoms with Crippen molar-refractivity contribution in [1.82, 2.24) is 4.90 Å². The van der Waals surface area contributed by atoms with Gasteiger partial charge in [0.25, 0.3) is 0 Å². The summed E-state index contributed by atoms with van der Waals surface area (Å²) < 4.78 is 6.02. The molecule has 0 unspecified atom stereocenters. The normalized spacial score (nSPS) is 44.8. The number of carbonyl (C=O) groups is 1. The molecule has 2 bridgehead atoms. The van der Waals surface area contributed by atoms with Crippen LogP contribution in [0.5, 0.6) is 0 Å². The van der Waals surface area contributed by atoms with Gasteiger partial charge in [0, 0.05) is 35.7 Å². The van der Waals surface area contributed by atoms with Crippen LogP contribution in [-0.2, 0) is 14.9 Å². The van der Waals surface area contributed by atoms with E-state index in [4.69, 9.17) is 4.74 Å². The van der Waals surface area contributed by atoms with Crippen LogP contribution in [0, 0.1) is 22.0 Å². The second kappa shape index (κ2) is 4.83. The van der Waals surface area contributed by atoms with Crippen LogP contribution < -0.4 is 4.90 Å². The fourth-order valence-corrected chi connectivity index (χ4v) is 7.67. The summed E-state index contributed by atoms with van der Waals surface area (Å²) in [4.78, 5) is 29.1. The maximum absolute atomic E-state index is 13.3. The molecule has 7 atom stereocenters. The number of nitro groups is 1. The number of ether oxygens (including phenoxy) is 1. The quantitative estimate of drug-likeness (QED) is 0.422. The minimum absolute atomic E-state index is 0.0547. The molecule has 1 spiro atoms. The molecule has 5 heterocycles. The van der Waals surface area contributed by atoms with Gasteiger partial charge >= 0.3 is 6.23 Å². The van der Waals surface area contributed by atoms with Gasteiger partial charge in [-0.2, -0.15) is 0 Å². The third-order valence-corrected chi connectivity index (χ3v) is 8.44. The van der Waals surface area contributed by atoms with Crippen LogP contribution in [0.15, 0.2) is 35.9 Å². The Balaban J connectivity index is 1.50. The van der Waals surface area contributed by atoms with Crippen LogP contribution >= 0.6 is 0 Å². The highest BCUT2D eigenvalue weighted by molar-refractivity contribution is 5.99. The third-order valence-electron chi connectivity index (χ3n) is 8.44. The molecule has 1 amide bonds. The molecule has 1 aromatic rings. The lowest BCUT2D eigenvalue weighted by Crippen LogP contribution is -2.69. The molecule has 7 rings (SSSR count). The second-order valence-electron chi connectivity index (χ2n) is 9.22. The lowest BCUT2D eigenvalue weighted by Gasteiger charge is -2.58. The maximum atomic E-state index is 13.3. The highest BCUT2D eigenvalue weighted by atomic mass is 16.7. The Bertz CT molecular complexity index is 976. The Hall–Kier alpha value is -2.25. The summed E-state index contributed by atoms with van der Waals surface area (Å²) in [6, 6.07) is 8.86. The number of anilines is 1. The number of amides is 1. The molecular formula is C21H21N3O4. The van der Waals surface area contributed by atoms with E-state index in [0.717, 1.165) is 37.2 Å². The Kier molecular flexibility index (Phi) is 2.70. The minimum atomic E-state index is -1.14. The van der Waals surface area contributed by atoms with Crippen LogP contribution in [0.2, 0.25) is 0 Å². The van der Waals surface area contributed by atoms with Crippen LogP contribution in [0.4, 0.5) is 5.69 Å². The van der Waals surface area contributed by atoms with Crippen molar-refractivity contribution in [1.29, 1.82) is 0 Å². The molecule has 4 fully saturated rings. The molecule has 5 aliphatic heterocycles. The van der Waals surface area contributed by atoms with Gasteiger partial charge in [0.1, 0.15) is 0 Å². The highest BCUT2D eigenvalue weighted by Gasteiger charge is 2.71. The fourth-order valence-electron chi connectivity index (χ4n) is 7.67. The summed E-state index contributed by atoms with van der Waals surface area (Å²) in [5, 5.41) is 11.6. The SMILES string of the molecule is O=C1C[C@@H]2O[C@H]([N+](=O)[O-])C=C3CN4CC[C@@]56c7ccccc7N1[C@H]5[C@H]2[C@H]3C[C@H]46. The first-order valence-electron chi connectivity index (χ1n) is 10.2. The van der Waals surface area contributed by atoms with E-state index in [1.165, 1.54) is 5.56 Å². The van der Waals surface area contributed by atoms with E-state index >= 15 is 0 Å². The number of para-hydroxylation sites is 1. The van der Waals surface area contributed by atoms with E-state index in [9.17, 15) is 14.9 Å². The van der Waals surface area contributed by atoms with E-state index < -0.39 is 6.23 Å². The van der Waals surface area contributed by atoms with Gasteiger partial charge in [-0.25, -0.2) is 0 Å². The number of hydrogen-bond acceptors (Lipinski definition) is 5. The Morgan fingerprint density at radius 1 is 1.29 bits per heavy atom. The monoisotopic (exact) mass is 379 g/mol. The van der Waals surface area contributed by atoms with Crippen LogP contribution in [0.1, 0.15) is 24.8 Å². The van der Waals surface area contributed by atoms with E-state index in [-0.39, 0.29) is 46.6 Å². The van der Waals surface area contributed by atoms with Gasteiger partial charge < -0.3 is 9.64 Å². The molecule has 0 radical (unpaired) electrons. The molecule has 0 N–H and O–H groups in total. The van der Waals surface area contributed by atoms with Crippen molar-refractivity contribution in [2.75, 3.05) is 18.0 Å². The predicted molar refractivity (Wildman–Crippen MR) is 99.3 cm³/mol. The van der Waals surface area contributed by atoms with Gasteiger partial charge in [-0.15, -0.1) is 0 Å². The smallest absolute Gasteiger partial charge is 0.310 e. The zero-order valence-electron chi connectivity index (χ0n) is 15.4. The molecule has 144 valence electrons. The van der Waals surface area contributed by atoms with Gasteiger partial charge in [-0.1, -0.05) is 18.2 Å². The largest absolute Gasteiger partial charge is 0.335 e. The van der Waals surface area contributed by atoms with Crippen molar-refractivity contribution < 1.29 is 14.5 Å². The van der Waals surface area contributed by atoms with Gasteiger partial charge in [0.05, 0.1) is 23.5 Å². The maximum Gasteiger partial charge on any atom is 0.335 e. The first kappa shape index (κ1) is 15.6. The van der Waals surface area contributed by atoms with Gasteiger partial charge in [-0.3, -0.25) is 19.8 Å². The molecular weight excluding hydrogens is 358 g/mol. The molecule has 6 aliphatic rings. The molecule has 28 heavy (non-hydrogen) atoms. The number of nitrogens with zero attached hydrogens (tertiary/aromatic N) is 3. The van der Waals surface area contributed by atoms with Crippen molar-refractivity contribution in [3.63, 3.8) is 0 Å². The molecule has 7 heteroatoms. The first-order valence-corrected chi connectivity index (χ1v) is 10.2. The average Bonchev–Trinajstić information content (AvgIpc) is 3.16. The predicted octanol–water partition coefficient (Wildman–Crippen LogP) is 1.70. The summed E-state index contributed by atoms with van der Waals surface area (Å²) >= 11 is 0. The number of hydrogen-bond donors (Lipinski definition) is 0. The van der Waals surface area contributed by atoms with Crippen molar-refractivity contribution in [2.45, 2.75) is 49.1 Å². The standard InChI is InChI=1S/C21H21N3O4/c25-17-9-15-19-12-8-16-21(13-3-1-2-4-14(13)23(17)20(19)21)5-6-22(16)10-11(12)7-18(28-15)24(26)27/h1-4,7,12,15-16,18-20H,5-6,8-10H2/t12-,15-,16-,18-,19-,20-,21-/m0/s1. The molecule has 1 saturated carbocycles. The van der Waals surface area contributed by atoms with Crippen molar-refractivity contribution in [3.8, 4) is 0 Å². The van der Waals surface area contributed by atoms with Crippen LogP contribution in [0.3, 0.4) is 0 Å². The molecule has 7 nitrogen and oxygen atoms in total. The number of carbonyl (C=O) groups excluding carboxylic acids is 1. The number of benzene rings is 1. The zero-order valence-corrected chi connectivity index (χ0v) is 15.4. The number of rotatable bonds is 1. The fraction of sp³-hybridized carbons (Fsp3) is 0.571. The summed E-state index contributed by atoms with van der Waals surface area (Å²) in [5.74, 6) is 0.467. The van der Waals surface area contributed by atoms with Crippen LogP contribution in [0.25, 0.3) is 0 Å². The van der Waals surface area contributed by atoms with E-state index in [2.05, 4.69) is 28.0 Å².